The normalized spacial score (nSPS) is 19.9. The molecule has 0 radical (unpaired) electrons. The molecule has 0 aliphatic heterocycles. The van der Waals surface area contributed by atoms with Crippen molar-refractivity contribution < 1.29 is 7.85 Å². The molecule has 1 aliphatic rings. The highest BCUT2D eigenvalue weighted by Crippen LogP contribution is 2.28. The topological polar surface area (TPSA) is 49.5 Å². The molecule has 0 amide bonds. The Kier molecular flexibility index (Phi) is 4.28. The van der Waals surface area contributed by atoms with Crippen LogP contribution in [0.25, 0.3) is 0 Å². The lowest BCUT2D eigenvalue weighted by atomic mass is 9.94. The monoisotopic (exact) mass is 264 g/mol. The number of nitrogens with two attached hydrogens (primary N) is 1. The summed E-state index contributed by atoms with van der Waals surface area (Å²) >= 11 is 0. The van der Waals surface area contributed by atoms with Crippen molar-refractivity contribution in [1.82, 2.24) is 0 Å². The largest absolute Gasteiger partial charge is 0.388 e. The summed E-state index contributed by atoms with van der Waals surface area (Å²) in [6, 6.07) is 7.88. The highest BCUT2D eigenvalue weighted by molar-refractivity contribution is 5.49. The Balaban J connectivity index is 2.21. The molecule has 2 rings (SSSR count). The first-order chi connectivity index (χ1) is 10.1. The molecule has 1 saturated carbocycles. The van der Waals surface area contributed by atoms with E-state index in [1.807, 2.05) is 29.2 Å². The maximum absolute atomic E-state index is 10.1. The minimum atomic E-state index is -1.02. The van der Waals surface area contributed by atoms with Gasteiger partial charge >= 0.3 is 0 Å². The number of hydrogen-bond acceptors (Lipinski definition) is 3. The highest BCUT2D eigenvalue weighted by atomic mass is 16.3. The lowest BCUT2D eigenvalue weighted by molar-refractivity contribution is 0.170. The van der Waals surface area contributed by atoms with E-state index >= 15 is 0 Å². The number of rotatable bonds is 5. The van der Waals surface area contributed by atoms with Crippen LogP contribution in [-0.2, 0) is 0 Å². The van der Waals surface area contributed by atoms with Gasteiger partial charge in [0.2, 0.25) is 0 Å². The zero-order valence-electron chi connectivity index (χ0n) is 13.5. The molecule has 19 heavy (non-hydrogen) atoms. The van der Waals surface area contributed by atoms with E-state index in [0.717, 1.165) is 24.1 Å². The predicted molar refractivity (Wildman–Crippen MR) is 80.3 cm³/mol. The number of hydrogen-bond donors (Lipinski definition) is 2. The lowest BCUT2D eigenvalue weighted by Gasteiger charge is -2.33. The van der Waals surface area contributed by atoms with E-state index in [9.17, 15) is 5.11 Å². The van der Waals surface area contributed by atoms with Crippen LogP contribution in [0.4, 0.5) is 5.69 Å². The second-order valence-corrected chi connectivity index (χ2v) is 5.39. The molecule has 0 heterocycles. The zero-order chi connectivity index (χ0) is 15.2. The SMILES string of the molecule is [2H]C([2H])N(c1cccc(C(O)CCN)c1)C1CCCCC1. The van der Waals surface area contributed by atoms with E-state index in [0.29, 0.717) is 13.0 Å². The van der Waals surface area contributed by atoms with Gasteiger partial charge in [0, 0.05) is 21.5 Å². The first kappa shape index (κ1) is 11.7. The van der Waals surface area contributed by atoms with E-state index in [1.54, 1.807) is 0 Å². The quantitative estimate of drug-likeness (QED) is 0.860. The molecule has 0 spiro atoms. The van der Waals surface area contributed by atoms with E-state index < -0.39 is 13.1 Å². The summed E-state index contributed by atoms with van der Waals surface area (Å²) < 4.78 is 15.8. The van der Waals surface area contributed by atoms with Gasteiger partial charge in [-0.05, 0) is 43.5 Å². The van der Waals surface area contributed by atoms with Crippen molar-refractivity contribution in [2.45, 2.75) is 50.7 Å². The van der Waals surface area contributed by atoms with Crippen LogP contribution in [0.1, 0.15) is 52.9 Å². The van der Waals surface area contributed by atoms with Gasteiger partial charge in [0.05, 0.1) is 6.10 Å². The second kappa shape index (κ2) is 6.92. The van der Waals surface area contributed by atoms with Crippen molar-refractivity contribution in [3.8, 4) is 0 Å². The summed E-state index contributed by atoms with van der Waals surface area (Å²) in [5, 5.41) is 10.1. The molecular weight excluding hydrogens is 236 g/mol. The van der Waals surface area contributed by atoms with Crippen LogP contribution in [0.15, 0.2) is 24.3 Å². The average Bonchev–Trinajstić information content (AvgIpc) is 2.49. The van der Waals surface area contributed by atoms with Crippen molar-refractivity contribution in [2.75, 3.05) is 18.4 Å². The summed E-state index contributed by atoms with van der Waals surface area (Å²) in [5.74, 6) is 0. The first-order valence-corrected chi connectivity index (χ1v) is 7.24. The molecule has 1 aromatic carbocycles. The molecule has 3 heteroatoms. The molecular formula is C16H26N2O. The molecule has 1 aliphatic carbocycles. The van der Waals surface area contributed by atoms with Crippen LogP contribution in [0.5, 0.6) is 0 Å². The van der Waals surface area contributed by atoms with Gasteiger partial charge in [-0.15, -0.1) is 0 Å². The molecule has 0 saturated heterocycles. The fourth-order valence-corrected chi connectivity index (χ4v) is 2.79. The van der Waals surface area contributed by atoms with Crippen LogP contribution in [-0.4, -0.2) is 24.7 Å². The summed E-state index contributed by atoms with van der Waals surface area (Å²) in [5.41, 5.74) is 7.18. The predicted octanol–water partition coefficient (Wildman–Crippen LogP) is 2.84. The van der Waals surface area contributed by atoms with Gasteiger partial charge in [-0.1, -0.05) is 31.4 Å². The Labute approximate surface area is 119 Å². The lowest BCUT2D eigenvalue weighted by Crippen LogP contribution is -2.33. The Morgan fingerprint density at radius 2 is 2.21 bits per heavy atom. The van der Waals surface area contributed by atoms with Crippen molar-refractivity contribution >= 4 is 5.69 Å². The van der Waals surface area contributed by atoms with E-state index in [4.69, 9.17) is 8.48 Å². The van der Waals surface area contributed by atoms with Gasteiger partial charge in [0.1, 0.15) is 0 Å². The van der Waals surface area contributed by atoms with Gasteiger partial charge in [-0.2, -0.15) is 0 Å². The Bertz CT molecular complexity index is 436. The maximum atomic E-state index is 10.1. The van der Waals surface area contributed by atoms with E-state index in [2.05, 4.69) is 0 Å². The van der Waals surface area contributed by atoms with Crippen molar-refractivity contribution in [1.29, 1.82) is 0 Å². The fourth-order valence-electron chi connectivity index (χ4n) is 2.79. The third-order valence-electron chi connectivity index (χ3n) is 3.96. The van der Waals surface area contributed by atoms with E-state index in [-0.39, 0.29) is 6.04 Å². The summed E-state index contributed by atoms with van der Waals surface area (Å²) in [6.45, 7) is -0.577. The van der Waals surface area contributed by atoms with Crippen molar-refractivity contribution in [2.24, 2.45) is 5.73 Å². The number of anilines is 1. The second-order valence-electron chi connectivity index (χ2n) is 5.39. The number of aliphatic hydroxyl groups is 1. The van der Waals surface area contributed by atoms with E-state index in [1.165, 1.54) is 19.3 Å². The maximum Gasteiger partial charge on any atom is 0.0802 e. The smallest absolute Gasteiger partial charge is 0.0802 e. The number of aliphatic hydroxyl groups excluding tert-OH is 1. The molecule has 1 aromatic rings. The van der Waals surface area contributed by atoms with Gasteiger partial charge in [0.25, 0.3) is 0 Å². The average molecular weight is 264 g/mol. The van der Waals surface area contributed by atoms with Crippen LogP contribution in [0.2, 0.25) is 0 Å². The van der Waals surface area contributed by atoms with Crippen LogP contribution >= 0.6 is 0 Å². The highest BCUT2D eigenvalue weighted by Gasteiger charge is 2.19. The minimum absolute atomic E-state index is 0.264. The number of benzene rings is 1. The first-order valence-electron chi connectivity index (χ1n) is 8.40. The minimum Gasteiger partial charge on any atom is -0.388 e. The van der Waals surface area contributed by atoms with Crippen molar-refractivity contribution in [3.05, 3.63) is 29.8 Å². The summed E-state index contributed by atoms with van der Waals surface area (Å²) in [7, 11) is 0. The van der Waals surface area contributed by atoms with Gasteiger partial charge < -0.3 is 15.7 Å². The van der Waals surface area contributed by atoms with Crippen LogP contribution < -0.4 is 10.6 Å². The molecule has 1 atom stereocenters. The fraction of sp³-hybridized carbons (Fsp3) is 0.625. The van der Waals surface area contributed by atoms with Crippen molar-refractivity contribution in [3.63, 3.8) is 0 Å². The molecule has 106 valence electrons. The molecule has 3 nitrogen and oxygen atoms in total. The van der Waals surface area contributed by atoms with Crippen LogP contribution in [0, 0.1) is 0 Å². The molecule has 0 aromatic heterocycles. The van der Waals surface area contributed by atoms with Crippen LogP contribution in [0.3, 0.4) is 0 Å². The molecule has 1 fully saturated rings. The van der Waals surface area contributed by atoms with Gasteiger partial charge in [-0.25, -0.2) is 0 Å². The number of nitrogens with zero attached hydrogens (tertiary/aromatic N) is 1. The van der Waals surface area contributed by atoms with Gasteiger partial charge in [-0.3, -0.25) is 0 Å². The Hall–Kier alpha value is -1.06. The summed E-state index contributed by atoms with van der Waals surface area (Å²) in [6.07, 6.45) is 5.64. The molecule has 3 N–H and O–H groups in total. The third kappa shape index (κ3) is 3.71. The summed E-state index contributed by atoms with van der Waals surface area (Å²) in [4.78, 5) is 1.87. The third-order valence-corrected chi connectivity index (χ3v) is 3.96. The molecule has 1 unspecified atom stereocenters. The molecule has 0 bridgehead atoms. The standard InChI is InChI=1S/C16H26N2O/c1-18(14-7-3-2-4-8-14)15-9-5-6-13(12-15)16(19)10-11-17/h5-6,9,12,14,16,19H,2-4,7-8,10-11,17H2,1H3/i1D2. The Morgan fingerprint density at radius 1 is 1.42 bits per heavy atom. The van der Waals surface area contributed by atoms with Gasteiger partial charge in [0.15, 0.2) is 0 Å². The Morgan fingerprint density at radius 3 is 2.89 bits per heavy atom. The zero-order valence-corrected chi connectivity index (χ0v) is 11.5.